The van der Waals surface area contributed by atoms with Crippen LogP contribution in [0.5, 0.6) is 0 Å². The largest absolute Gasteiger partial charge is 0.469 e. The predicted molar refractivity (Wildman–Crippen MR) is 79.9 cm³/mol. The van der Waals surface area contributed by atoms with E-state index in [1.165, 1.54) is 12.1 Å². The minimum Gasteiger partial charge on any atom is -0.469 e. The highest BCUT2D eigenvalue weighted by molar-refractivity contribution is 5.99. The summed E-state index contributed by atoms with van der Waals surface area (Å²) in [5.74, 6) is 0.0978. The van der Waals surface area contributed by atoms with E-state index in [2.05, 4.69) is 10.6 Å². The molecule has 0 aliphatic rings. The number of rotatable bonds is 7. The van der Waals surface area contributed by atoms with Crippen LogP contribution in [0.4, 0.5) is 10.1 Å². The molecule has 0 fully saturated rings. The van der Waals surface area contributed by atoms with E-state index in [-0.39, 0.29) is 11.6 Å². The Balaban J connectivity index is 1.99. The van der Waals surface area contributed by atoms with Gasteiger partial charge in [-0.05, 0) is 30.7 Å². The quantitative estimate of drug-likeness (QED) is 0.823. The van der Waals surface area contributed by atoms with Gasteiger partial charge in [-0.3, -0.25) is 4.79 Å². The maximum atomic E-state index is 13.8. The molecule has 21 heavy (non-hydrogen) atoms. The Bertz CT molecular complexity index is 582. The fourth-order valence-corrected chi connectivity index (χ4v) is 1.99. The molecule has 0 saturated heterocycles. The van der Waals surface area contributed by atoms with Crippen LogP contribution in [0, 0.1) is 5.82 Å². The molecule has 1 heterocycles. The summed E-state index contributed by atoms with van der Waals surface area (Å²) in [5.41, 5.74) is 0.581. The fourth-order valence-electron chi connectivity index (χ4n) is 1.99. The highest BCUT2D eigenvalue weighted by Gasteiger charge is 2.14. The van der Waals surface area contributed by atoms with Crippen LogP contribution in [0.15, 0.2) is 41.0 Å². The Morgan fingerprint density at radius 3 is 2.81 bits per heavy atom. The van der Waals surface area contributed by atoms with Gasteiger partial charge in [-0.25, -0.2) is 4.39 Å². The number of carbonyl (C=O) groups excluding carboxylic acids is 1. The maximum absolute atomic E-state index is 13.8. The molecule has 0 spiro atoms. The lowest BCUT2D eigenvalue weighted by Gasteiger charge is -2.12. The first-order chi connectivity index (χ1) is 10.2. The van der Waals surface area contributed by atoms with Crippen molar-refractivity contribution < 1.29 is 13.6 Å². The summed E-state index contributed by atoms with van der Waals surface area (Å²) in [4.78, 5) is 12.2. The number of furan rings is 1. The molecule has 2 aromatic rings. The molecule has 0 atom stereocenters. The molecular formula is C16H19FN2O2. The number of para-hydroxylation sites is 1. The van der Waals surface area contributed by atoms with Gasteiger partial charge in [-0.2, -0.15) is 0 Å². The summed E-state index contributed by atoms with van der Waals surface area (Å²) in [6.45, 7) is 3.04. The van der Waals surface area contributed by atoms with Crippen molar-refractivity contribution in [1.82, 2.24) is 5.32 Å². The first kappa shape index (κ1) is 15.1. The summed E-state index contributed by atoms with van der Waals surface area (Å²) in [6.07, 6.45) is 3.05. The van der Waals surface area contributed by atoms with E-state index in [0.29, 0.717) is 25.1 Å². The average Bonchev–Trinajstić information content (AvgIpc) is 2.99. The van der Waals surface area contributed by atoms with Crippen molar-refractivity contribution in [3.05, 3.63) is 53.7 Å². The normalized spacial score (nSPS) is 10.4. The summed E-state index contributed by atoms with van der Waals surface area (Å²) in [7, 11) is 0. The van der Waals surface area contributed by atoms with Crippen LogP contribution in [0.25, 0.3) is 0 Å². The Kier molecular flexibility index (Phi) is 5.37. The van der Waals surface area contributed by atoms with Crippen LogP contribution in [-0.4, -0.2) is 19.0 Å². The minimum absolute atomic E-state index is 0.259. The number of hydrogen-bond acceptors (Lipinski definition) is 3. The molecule has 0 unspecified atom stereocenters. The third-order valence-electron chi connectivity index (χ3n) is 3.05. The van der Waals surface area contributed by atoms with Crippen molar-refractivity contribution >= 4 is 11.6 Å². The van der Waals surface area contributed by atoms with Crippen LogP contribution < -0.4 is 10.6 Å². The van der Waals surface area contributed by atoms with E-state index in [0.717, 1.165) is 12.2 Å². The Morgan fingerprint density at radius 2 is 2.10 bits per heavy atom. The van der Waals surface area contributed by atoms with Crippen LogP contribution in [0.3, 0.4) is 0 Å². The van der Waals surface area contributed by atoms with E-state index in [4.69, 9.17) is 4.42 Å². The predicted octanol–water partition coefficient (Wildman–Crippen LogP) is 3.21. The highest BCUT2D eigenvalue weighted by Crippen LogP contribution is 2.19. The summed E-state index contributed by atoms with van der Waals surface area (Å²) >= 11 is 0. The van der Waals surface area contributed by atoms with Gasteiger partial charge in [0.25, 0.3) is 5.91 Å². The lowest BCUT2D eigenvalue weighted by Crippen LogP contribution is -2.27. The third-order valence-corrected chi connectivity index (χ3v) is 3.05. The van der Waals surface area contributed by atoms with Crippen molar-refractivity contribution in [2.75, 3.05) is 18.4 Å². The van der Waals surface area contributed by atoms with Crippen LogP contribution in [-0.2, 0) is 6.42 Å². The van der Waals surface area contributed by atoms with Gasteiger partial charge in [0.2, 0.25) is 0 Å². The molecule has 0 aliphatic carbocycles. The monoisotopic (exact) mass is 290 g/mol. The second-order valence-electron chi connectivity index (χ2n) is 4.67. The Labute approximate surface area is 123 Å². The van der Waals surface area contributed by atoms with Gasteiger partial charge >= 0.3 is 0 Å². The topological polar surface area (TPSA) is 54.3 Å². The molecule has 5 heteroatoms. The van der Waals surface area contributed by atoms with Gasteiger partial charge in [0.15, 0.2) is 0 Å². The fraction of sp³-hybridized carbons (Fsp3) is 0.312. The van der Waals surface area contributed by atoms with E-state index >= 15 is 0 Å². The van der Waals surface area contributed by atoms with Crippen LogP contribution in [0.2, 0.25) is 0 Å². The standard InChI is InChI=1S/C16H19FN2O2/c1-2-9-18-15-13(6-3-7-14(15)17)16(20)19-10-8-12-5-4-11-21-12/h3-7,11,18H,2,8-10H2,1H3,(H,19,20). The molecule has 1 amide bonds. The second-order valence-corrected chi connectivity index (χ2v) is 4.67. The van der Waals surface area contributed by atoms with Gasteiger partial charge in [0.1, 0.15) is 11.6 Å². The van der Waals surface area contributed by atoms with E-state index < -0.39 is 5.82 Å². The molecule has 0 bridgehead atoms. The first-order valence-electron chi connectivity index (χ1n) is 7.05. The molecule has 2 rings (SSSR count). The molecule has 2 N–H and O–H groups in total. The molecule has 1 aromatic carbocycles. The average molecular weight is 290 g/mol. The number of hydrogen-bond donors (Lipinski definition) is 2. The number of anilines is 1. The van der Waals surface area contributed by atoms with Crippen LogP contribution in [0.1, 0.15) is 29.5 Å². The Hall–Kier alpha value is -2.30. The summed E-state index contributed by atoms with van der Waals surface area (Å²) in [6, 6.07) is 8.15. The van der Waals surface area contributed by atoms with Crippen molar-refractivity contribution in [3.63, 3.8) is 0 Å². The number of benzene rings is 1. The first-order valence-corrected chi connectivity index (χ1v) is 7.05. The number of amides is 1. The summed E-state index contributed by atoms with van der Waals surface area (Å²) < 4.78 is 19.0. The second kappa shape index (κ2) is 7.47. The lowest BCUT2D eigenvalue weighted by atomic mass is 10.1. The molecule has 4 nitrogen and oxygen atoms in total. The molecule has 0 radical (unpaired) electrons. The van der Waals surface area contributed by atoms with Crippen molar-refractivity contribution in [1.29, 1.82) is 0 Å². The van der Waals surface area contributed by atoms with Crippen molar-refractivity contribution in [3.8, 4) is 0 Å². The van der Waals surface area contributed by atoms with Crippen LogP contribution >= 0.6 is 0 Å². The number of carbonyl (C=O) groups is 1. The maximum Gasteiger partial charge on any atom is 0.253 e. The van der Waals surface area contributed by atoms with Gasteiger partial charge in [-0.15, -0.1) is 0 Å². The Morgan fingerprint density at radius 1 is 1.24 bits per heavy atom. The zero-order chi connectivity index (χ0) is 15.1. The van der Waals surface area contributed by atoms with E-state index in [1.54, 1.807) is 18.4 Å². The zero-order valence-corrected chi connectivity index (χ0v) is 12.0. The van der Waals surface area contributed by atoms with Gasteiger partial charge < -0.3 is 15.1 Å². The number of nitrogens with one attached hydrogen (secondary N) is 2. The minimum atomic E-state index is -0.415. The number of halogens is 1. The molecular weight excluding hydrogens is 271 g/mol. The van der Waals surface area contributed by atoms with E-state index in [1.807, 2.05) is 13.0 Å². The summed E-state index contributed by atoms with van der Waals surface area (Å²) in [5, 5.41) is 5.74. The lowest BCUT2D eigenvalue weighted by molar-refractivity contribution is 0.0954. The zero-order valence-electron chi connectivity index (χ0n) is 12.0. The van der Waals surface area contributed by atoms with Gasteiger partial charge in [-0.1, -0.05) is 13.0 Å². The SMILES string of the molecule is CCCNc1c(F)cccc1C(=O)NCCc1ccco1. The molecule has 0 saturated carbocycles. The third kappa shape index (κ3) is 4.08. The van der Waals surface area contributed by atoms with Crippen molar-refractivity contribution in [2.45, 2.75) is 19.8 Å². The molecule has 112 valence electrons. The van der Waals surface area contributed by atoms with Gasteiger partial charge in [0.05, 0.1) is 17.5 Å². The van der Waals surface area contributed by atoms with Crippen molar-refractivity contribution in [2.24, 2.45) is 0 Å². The molecule has 0 aliphatic heterocycles. The van der Waals surface area contributed by atoms with Gasteiger partial charge in [0, 0.05) is 19.5 Å². The molecule has 1 aromatic heterocycles. The smallest absolute Gasteiger partial charge is 0.253 e. The van der Waals surface area contributed by atoms with E-state index in [9.17, 15) is 9.18 Å². The highest BCUT2D eigenvalue weighted by atomic mass is 19.1.